The summed E-state index contributed by atoms with van der Waals surface area (Å²) < 4.78 is 5.64. The van der Waals surface area contributed by atoms with Crippen molar-refractivity contribution >= 4 is 11.7 Å². The van der Waals surface area contributed by atoms with Gasteiger partial charge in [0.2, 0.25) is 0 Å². The summed E-state index contributed by atoms with van der Waals surface area (Å²) in [6.07, 6.45) is 2.72. The number of carbonyl (C=O) groups is 1. The Labute approximate surface area is 119 Å². The van der Waals surface area contributed by atoms with Crippen LogP contribution in [-0.4, -0.2) is 36.8 Å². The molecule has 110 valence electrons. The second-order valence-corrected chi connectivity index (χ2v) is 5.07. The maximum atomic E-state index is 10.9. The van der Waals surface area contributed by atoms with Crippen molar-refractivity contribution in [1.29, 1.82) is 0 Å². The van der Waals surface area contributed by atoms with Gasteiger partial charge in [0.05, 0.1) is 6.61 Å². The van der Waals surface area contributed by atoms with Gasteiger partial charge < -0.3 is 20.5 Å². The molecule has 1 aromatic carbocycles. The first kappa shape index (κ1) is 14.7. The Balaban J connectivity index is 2.20. The Hall–Kier alpha value is -1.75. The monoisotopic (exact) mass is 278 g/mol. The minimum absolute atomic E-state index is 0.283. The molecule has 0 spiro atoms. The van der Waals surface area contributed by atoms with Crippen molar-refractivity contribution in [2.75, 3.05) is 24.6 Å². The van der Waals surface area contributed by atoms with Crippen LogP contribution in [0.1, 0.15) is 25.3 Å². The molecular weight excluding hydrogens is 256 g/mol. The van der Waals surface area contributed by atoms with Crippen LogP contribution in [0.15, 0.2) is 18.2 Å². The van der Waals surface area contributed by atoms with Crippen LogP contribution in [0, 0.1) is 0 Å². The van der Waals surface area contributed by atoms with Crippen LogP contribution in [0.2, 0.25) is 0 Å². The van der Waals surface area contributed by atoms with Gasteiger partial charge in [0.15, 0.2) is 0 Å². The number of hydrogen-bond acceptors (Lipinski definition) is 4. The van der Waals surface area contributed by atoms with Crippen molar-refractivity contribution in [1.82, 2.24) is 0 Å². The fraction of sp³-hybridized carbons (Fsp3) is 0.533. The largest absolute Gasteiger partial charge is 0.494 e. The molecule has 0 aliphatic carbocycles. The number of hydrogen-bond donors (Lipinski definition) is 2. The molecule has 0 amide bonds. The van der Waals surface area contributed by atoms with E-state index in [1.807, 2.05) is 25.1 Å². The highest BCUT2D eigenvalue weighted by molar-refractivity contribution is 5.73. The van der Waals surface area contributed by atoms with E-state index in [2.05, 4.69) is 4.90 Å². The third-order valence-corrected chi connectivity index (χ3v) is 3.58. The molecule has 1 atom stereocenters. The van der Waals surface area contributed by atoms with Crippen LogP contribution in [0.5, 0.6) is 5.75 Å². The summed E-state index contributed by atoms with van der Waals surface area (Å²) in [5.41, 5.74) is 7.60. The summed E-state index contributed by atoms with van der Waals surface area (Å²) in [5.74, 6) is -0.246. The van der Waals surface area contributed by atoms with E-state index in [4.69, 9.17) is 15.6 Å². The van der Waals surface area contributed by atoms with E-state index in [-0.39, 0.29) is 6.42 Å². The SMILES string of the molecule is CCOc1cc(N2CCCC2)ccc1CC(N)C(=O)O. The molecule has 0 bridgehead atoms. The van der Waals surface area contributed by atoms with Crippen molar-refractivity contribution in [2.24, 2.45) is 5.73 Å². The summed E-state index contributed by atoms with van der Waals surface area (Å²) in [6.45, 7) is 4.61. The van der Waals surface area contributed by atoms with Crippen LogP contribution in [0.3, 0.4) is 0 Å². The number of ether oxygens (including phenoxy) is 1. The molecule has 3 N–H and O–H groups in total. The lowest BCUT2D eigenvalue weighted by Crippen LogP contribution is -2.32. The van der Waals surface area contributed by atoms with Gasteiger partial charge in [-0.1, -0.05) is 6.07 Å². The second kappa shape index (κ2) is 6.61. The van der Waals surface area contributed by atoms with Gasteiger partial charge in [-0.05, 0) is 31.4 Å². The van der Waals surface area contributed by atoms with Gasteiger partial charge in [-0.25, -0.2) is 0 Å². The molecule has 1 aromatic rings. The quantitative estimate of drug-likeness (QED) is 0.827. The second-order valence-electron chi connectivity index (χ2n) is 5.07. The third kappa shape index (κ3) is 3.42. The van der Waals surface area contributed by atoms with Gasteiger partial charge in [-0.15, -0.1) is 0 Å². The van der Waals surface area contributed by atoms with E-state index < -0.39 is 12.0 Å². The van der Waals surface area contributed by atoms with E-state index in [0.717, 1.165) is 30.1 Å². The van der Waals surface area contributed by atoms with Gasteiger partial charge in [-0.3, -0.25) is 4.79 Å². The Morgan fingerprint density at radius 2 is 2.15 bits per heavy atom. The highest BCUT2D eigenvalue weighted by atomic mass is 16.5. The maximum absolute atomic E-state index is 10.9. The average Bonchev–Trinajstić information content (AvgIpc) is 2.94. The molecule has 5 nitrogen and oxygen atoms in total. The smallest absolute Gasteiger partial charge is 0.320 e. The molecule has 1 unspecified atom stereocenters. The van der Waals surface area contributed by atoms with Crippen LogP contribution in [0.4, 0.5) is 5.69 Å². The summed E-state index contributed by atoms with van der Waals surface area (Å²) in [6, 6.07) is 5.06. The lowest BCUT2D eigenvalue weighted by Gasteiger charge is -2.20. The van der Waals surface area contributed by atoms with Crippen LogP contribution in [0.25, 0.3) is 0 Å². The Bertz CT molecular complexity index is 470. The molecule has 1 aliphatic heterocycles. The van der Waals surface area contributed by atoms with Gasteiger partial charge in [0.1, 0.15) is 11.8 Å². The highest BCUT2D eigenvalue weighted by Gasteiger charge is 2.18. The topological polar surface area (TPSA) is 75.8 Å². The zero-order chi connectivity index (χ0) is 14.5. The highest BCUT2D eigenvalue weighted by Crippen LogP contribution is 2.29. The standard InChI is InChI=1S/C15H22N2O3/c1-2-20-14-10-12(17-7-3-4-8-17)6-5-11(14)9-13(16)15(18)19/h5-6,10,13H,2-4,7-9,16H2,1H3,(H,18,19). The molecule has 2 rings (SSSR count). The first-order valence-corrected chi connectivity index (χ1v) is 7.11. The normalized spacial score (nSPS) is 16.2. The summed E-state index contributed by atoms with van der Waals surface area (Å²) in [4.78, 5) is 13.2. The average molecular weight is 278 g/mol. The summed E-state index contributed by atoms with van der Waals surface area (Å²) in [5, 5.41) is 8.92. The number of benzene rings is 1. The molecule has 0 saturated carbocycles. The number of carboxylic acids is 1. The lowest BCUT2D eigenvalue weighted by molar-refractivity contribution is -0.138. The fourth-order valence-electron chi connectivity index (χ4n) is 2.50. The van der Waals surface area contributed by atoms with Crippen LogP contribution >= 0.6 is 0 Å². The summed E-state index contributed by atoms with van der Waals surface area (Å²) >= 11 is 0. The van der Waals surface area contributed by atoms with E-state index in [9.17, 15) is 4.79 Å². The predicted molar refractivity (Wildman–Crippen MR) is 78.4 cm³/mol. The molecular formula is C15H22N2O3. The Morgan fingerprint density at radius 1 is 1.45 bits per heavy atom. The number of anilines is 1. The van der Waals surface area contributed by atoms with Gasteiger partial charge in [-0.2, -0.15) is 0 Å². The third-order valence-electron chi connectivity index (χ3n) is 3.58. The molecule has 1 fully saturated rings. The zero-order valence-corrected chi connectivity index (χ0v) is 11.8. The number of aliphatic carboxylic acids is 1. The molecule has 1 saturated heterocycles. The van der Waals surface area contributed by atoms with Crippen molar-refractivity contribution in [3.63, 3.8) is 0 Å². The number of rotatable bonds is 6. The molecule has 0 aromatic heterocycles. The Morgan fingerprint density at radius 3 is 2.75 bits per heavy atom. The first-order chi connectivity index (χ1) is 9.61. The fourth-order valence-corrected chi connectivity index (χ4v) is 2.50. The van der Waals surface area contributed by atoms with Crippen molar-refractivity contribution in [2.45, 2.75) is 32.2 Å². The predicted octanol–water partition coefficient (Wildman–Crippen LogP) is 1.64. The first-order valence-electron chi connectivity index (χ1n) is 7.11. The van der Waals surface area contributed by atoms with E-state index in [1.54, 1.807) is 0 Å². The molecule has 1 aliphatic rings. The minimum atomic E-state index is -0.990. The van der Waals surface area contributed by atoms with Crippen molar-refractivity contribution in [3.05, 3.63) is 23.8 Å². The van der Waals surface area contributed by atoms with Crippen molar-refractivity contribution < 1.29 is 14.6 Å². The van der Waals surface area contributed by atoms with Crippen LogP contribution < -0.4 is 15.4 Å². The number of carboxylic acid groups (broad SMARTS) is 1. The zero-order valence-electron chi connectivity index (χ0n) is 11.8. The maximum Gasteiger partial charge on any atom is 0.320 e. The summed E-state index contributed by atoms with van der Waals surface area (Å²) in [7, 11) is 0. The number of nitrogens with two attached hydrogens (primary N) is 1. The van der Waals surface area contributed by atoms with E-state index in [0.29, 0.717) is 6.61 Å². The molecule has 20 heavy (non-hydrogen) atoms. The van der Waals surface area contributed by atoms with E-state index >= 15 is 0 Å². The molecule has 0 radical (unpaired) electrons. The van der Waals surface area contributed by atoms with E-state index in [1.165, 1.54) is 12.8 Å². The molecule has 1 heterocycles. The van der Waals surface area contributed by atoms with Crippen LogP contribution in [-0.2, 0) is 11.2 Å². The van der Waals surface area contributed by atoms with Crippen molar-refractivity contribution in [3.8, 4) is 5.75 Å². The number of nitrogens with zero attached hydrogens (tertiary/aromatic N) is 1. The van der Waals surface area contributed by atoms with Gasteiger partial charge >= 0.3 is 5.97 Å². The van der Waals surface area contributed by atoms with Gasteiger partial charge in [0.25, 0.3) is 0 Å². The van der Waals surface area contributed by atoms with Gasteiger partial charge in [0, 0.05) is 31.3 Å². The Kier molecular flexibility index (Phi) is 4.84. The molecule has 5 heteroatoms. The minimum Gasteiger partial charge on any atom is -0.494 e. The lowest BCUT2D eigenvalue weighted by atomic mass is 10.0.